The molecule has 0 unspecified atom stereocenters. The van der Waals surface area contributed by atoms with Crippen molar-refractivity contribution < 1.29 is 0 Å². The lowest BCUT2D eigenvalue weighted by Crippen LogP contribution is -2.31. The van der Waals surface area contributed by atoms with E-state index in [9.17, 15) is 0 Å². The van der Waals surface area contributed by atoms with Crippen molar-refractivity contribution in [2.45, 2.75) is 47.1 Å². The molecule has 0 aliphatic rings. The number of hydrogen-bond acceptors (Lipinski definition) is 1. The number of aryl methyl sites for hydroxylation is 1. The highest BCUT2D eigenvalue weighted by Crippen LogP contribution is 2.25. The van der Waals surface area contributed by atoms with Crippen LogP contribution >= 0.6 is 15.9 Å². The molecule has 0 saturated heterocycles. The number of hydrogen-bond donors (Lipinski definition) is 1. The second-order valence-electron chi connectivity index (χ2n) is 5.31. The van der Waals surface area contributed by atoms with E-state index in [0.29, 0.717) is 17.9 Å². The fourth-order valence-corrected chi connectivity index (χ4v) is 2.69. The first kappa shape index (κ1) is 14.6. The van der Waals surface area contributed by atoms with Crippen molar-refractivity contribution >= 4 is 21.6 Å². The first-order valence-electron chi connectivity index (χ1n) is 6.50. The molecule has 1 N–H and O–H groups in total. The van der Waals surface area contributed by atoms with Crippen LogP contribution in [-0.4, -0.2) is 6.04 Å². The van der Waals surface area contributed by atoms with Crippen LogP contribution in [-0.2, 0) is 6.42 Å². The number of rotatable bonds is 5. The van der Waals surface area contributed by atoms with Gasteiger partial charge in [-0.1, -0.05) is 50.5 Å². The van der Waals surface area contributed by atoms with E-state index < -0.39 is 0 Å². The molecule has 0 atom stereocenters. The highest BCUT2D eigenvalue weighted by atomic mass is 79.9. The van der Waals surface area contributed by atoms with Crippen molar-refractivity contribution in [2.75, 3.05) is 5.32 Å². The molecule has 1 aromatic rings. The van der Waals surface area contributed by atoms with Crippen LogP contribution in [0.1, 0.15) is 40.2 Å². The van der Waals surface area contributed by atoms with Gasteiger partial charge < -0.3 is 5.32 Å². The van der Waals surface area contributed by atoms with Gasteiger partial charge in [-0.3, -0.25) is 0 Å². The molecule has 0 saturated carbocycles. The quantitative estimate of drug-likeness (QED) is 0.797. The summed E-state index contributed by atoms with van der Waals surface area (Å²) in [6.45, 7) is 11.3. The zero-order valence-electron chi connectivity index (χ0n) is 11.5. The maximum atomic E-state index is 3.70. The molecule has 0 aromatic heterocycles. The van der Waals surface area contributed by atoms with Crippen LogP contribution in [0.2, 0.25) is 0 Å². The summed E-state index contributed by atoms with van der Waals surface area (Å²) in [5.41, 5.74) is 2.66. The lowest BCUT2D eigenvalue weighted by molar-refractivity contribution is 0.413. The smallest absolute Gasteiger partial charge is 0.0375 e. The Labute approximate surface area is 114 Å². The summed E-state index contributed by atoms with van der Waals surface area (Å²) in [4.78, 5) is 0. The molecule has 0 heterocycles. The van der Waals surface area contributed by atoms with Gasteiger partial charge in [0.05, 0.1) is 0 Å². The molecular formula is C15H24BrN. The van der Waals surface area contributed by atoms with Gasteiger partial charge in [-0.25, -0.2) is 0 Å². The van der Waals surface area contributed by atoms with Crippen LogP contribution in [0, 0.1) is 11.8 Å². The third-order valence-electron chi connectivity index (χ3n) is 3.21. The van der Waals surface area contributed by atoms with Gasteiger partial charge in [0, 0.05) is 16.2 Å². The predicted octanol–water partition coefficient (Wildman–Crippen LogP) is 5.10. The zero-order valence-corrected chi connectivity index (χ0v) is 13.1. The number of halogens is 1. The molecule has 1 nitrogen and oxygen atoms in total. The highest BCUT2D eigenvalue weighted by molar-refractivity contribution is 9.10. The summed E-state index contributed by atoms with van der Waals surface area (Å²) in [5, 5.41) is 3.70. The van der Waals surface area contributed by atoms with E-state index in [1.165, 1.54) is 11.3 Å². The summed E-state index contributed by atoms with van der Waals surface area (Å²) >= 11 is 3.53. The first-order valence-corrected chi connectivity index (χ1v) is 7.30. The van der Waals surface area contributed by atoms with Crippen LogP contribution in [0.15, 0.2) is 22.7 Å². The normalized spacial score (nSPS) is 11.6. The third kappa shape index (κ3) is 4.02. The zero-order chi connectivity index (χ0) is 13.0. The van der Waals surface area contributed by atoms with E-state index in [1.807, 2.05) is 0 Å². The number of benzene rings is 1. The second kappa shape index (κ2) is 6.44. The van der Waals surface area contributed by atoms with Crippen LogP contribution < -0.4 is 5.32 Å². The summed E-state index contributed by atoms with van der Waals surface area (Å²) in [6, 6.07) is 7.03. The predicted molar refractivity (Wildman–Crippen MR) is 80.6 cm³/mol. The van der Waals surface area contributed by atoms with Crippen LogP contribution in [0.25, 0.3) is 0 Å². The number of anilines is 1. The van der Waals surface area contributed by atoms with E-state index in [4.69, 9.17) is 0 Å². The van der Waals surface area contributed by atoms with E-state index in [-0.39, 0.29) is 0 Å². The summed E-state index contributed by atoms with van der Waals surface area (Å²) in [5.74, 6) is 1.28. The van der Waals surface area contributed by atoms with Gasteiger partial charge >= 0.3 is 0 Å². The molecule has 0 aliphatic heterocycles. The Bertz CT molecular complexity index is 350. The molecule has 0 spiro atoms. The first-order chi connectivity index (χ1) is 7.95. The van der Waals surface area contributed by atoms with Crippen LogP contribution in [0.3, 0.4) is 0 Å². The molecule has 0 radical (unpaired) electrons. The van der Waals surface area contributed by atoms with Crippen LogP contribution in [0.4, 0.5) is 5.69 Å². The molecular weight excluding hydrogens is 274 g/mol. The Hall–Kier alpha value is -0.500. The van der Waals surface area contributed by atoms with Gasteiger partial charge in [0.2, 0.25) is 0 Å². The summed E-state index contributed by atoms with van der Waals surface area (Å²) in [6.07, 6.45) is 1.06. The highest BCUT2D eigenvalue weighted by Gasteiger charge is 2.17. The molecule has 96 valence electrons. The molecule has 0 fully saturated rings. The summed E-state index contributed by atoms with van der Waals surface area (Å²) < 4.78 is 1.16. The lowest BCUT2D eigenvalue weighted by Gasteiger charge is -2.28. The van der Waals surface area contributed by atoms with Gasteiger partial charge in [0.1, 0.15) is 0 Å². The third-order valence-corrected chi connectivity index (χ3v) is 3.70. The lowest BCUT2D eigenvalue weighted by atomic mass is 9.92. The molecule has 17 heavy (non-hydrogen) atoms. The van der Waals surface area contributed by atoms with E-state index in [1.54, 1.807) is 0 Å². The van der Waals surface area contributed by atoms with Crippen molar-refractivity contribution in [1.82, 2.24) is 0 Å². The minimum Gasteiger partial charge on any atom is -0.382 e. The summed E-state index contributed by atoms with van der Waals surface area (Å²) in [7, 11) is 0. The van der Waals surface area contributed by atoms with Gasteiger partial charge in [0.15, 0.2) is 0 Å². The Balaban J connectivity index is 2.93. The second-order valence-corrected chi connectivity index (χ2v) is 6.23. The fraction of sp³-hybridized carbons (Fsp3) is 0.600. The Morgan fingerprint density at radius 2 is 1.71 bits per heavy atom. The topological polar surface area (TPSA) is 12.0 Å². The standard InChI is InChI=1S/C15H24BrN/c1-6-12-9-13(16)7-8-14(12)17-15(10(2)3)11(4)5/h7-11,15,17H,6H2,1-5H3. The monoisotopic (exact) mass is 297 g/mol. The van der Waals surface area contributed by atoms with E-state index in [0.717, 1.165) is 10.9 Å². The van der Waals surface area contributed by atoms with Crippen molar-refractivity contribution in [2.24, 2.45) is 11.8 Å². The van der Waals surface area contributed by atoms with Crippen molar-refractivity contribution in [3.8, 4) is 0 Å². The SMILES string of the molecule is CCc1cc(Br)ccc1NC(C(C)C)C(C)C. The molecule has 0 amide bonds. The van der Waals surface area contributed by atoms with Crippen molar-refractivity contribution in [1.29, 1.82) is 0 Å². The maximum absolute atomic E-state index is 3.70. The average molecular weight is 298 g/mol. The van der Waals surface area contributed by atoms with E-state index >= 15 is 0 Å². The molecule has 0 bridgehead atoms. The van der Waals surface area contributed by atoms with Gasteiger partial charge in [-0.05, 0) is 42.0 Å². The minimum absolute atomic E-state index is 0.529. The Morgan fingerprint density at radius 3 is 2.18 bits per heavy atom. The van der Waals surface area contributed by atoms with Gasteiger partial charge in [0.25, 0.3) is 0 Å². The largest absolute Gasteiger partial charge is 0.382 e. The van der Waals surface area contributed by atoms with Gasteiger partial charge in [-0.2, -0.15) is 0 Å². The molecule has 2 heteroatoms. The minimum atomic E-state index is 0.529. The van der Waals surface area contributed by atoms with E-state index in [2.05, 4.69) is 74.1 Å². The van der Waals surface area contributed by atoms with Crippen molar-refractivity contribution in [3.05, 3.63) is 28.2 Å². The maximum Gasteiger partial charge on any atom is 0.0375 e. The fourth-order valence-electron chi connectivity index (χ4n) is 2.28. The Kier molecular flexibility index (Phi) is 5.51. The van der Waals surface area contributed by atoms with Gasteiger partial charge in [-0.15, -0.1) is 0 Å². The Morgan fingerprint density at radius 1 is 1.12 bits per heavy atom. The molecule has 1 rings (SSSR count). The molecule has 1 aromatic carbocycles. The van der Waals surface area contributed by atoms with Crippen LogP contribution in [0.5, 0.6) is 0 Å². The average Bonchev–Trinajstić information content (AvgIpc) is 2.26. The number of nitrogens with one attached hydrogen (secondary N) is 1. The molecule has 0 aliphatic carbocycles. The van der Waals surface area contributed by atoms with Crippen molar-refractivity contribution in [3.63, 3.8) is 0 Å².